The predicted molar refractivity (Wildman–Crippen MR) is 39.1 cm³/mol. The summed E-state index contributed by atoms with van der Waals surface area (Å²) in [5.74, 6) is 0. The molecule has 1 rings (SSSR count). The Morgan fingerprint density at radius 3 is 3.00 bits per heavy atom. The molecule has 0 aromatic carbocycles. The molecule has 0 saturated heterocycles. The Balaban J connectivity index is 2.30. The predicted octanol–water partition coefficient (Wildman–Crippen LogP) is 2.17. The van der Waals surface area contributed by atoms with Gasteiger partial charge in [-0.1, -0.05) is 13.3 Å². The van der Waals surface area contributed by atoms with Crippen molar-refractivity contribution in [2.75, 3.05) is 0 Å². The van der Waals surface area contributed by atoms with Crippen molar-refractivity contribution in [2.24, 2.45) is 0 Å². The van der Waals surface area contributed by atoms with E-state index < -0.39 is 0 Å². The van der Waals surface area contributed by atoms with E-state index in [0.29, 0.717) is 0 Å². The molecule has 1 heterocycles. The van der Waals surface area contributed by atoms with E-state index in [1.807, 2.05) is 12.3 Å². The maximum absolute atomic E-state index is 3.77. The molecule has 0 aliphatic rings. The Labute approximate surface area is 56.1 Å². The van der Waals surface area contributed by atoms with Gasteiger partial charge in [-0.05, 0) is 25.0 Å². The van der Waals surface area contributed by atoms with Crippen LogP contribution in [0.1, 0.15) is 18.5 Å². The molecular weight excluding hydrogens is 110 g/mol. The van der Waals surface area contributed by atoms with Crippen molar-refractivity contribution >= 4 is 0 Å². The van der Waals surface area contributed by atoms with Crippen molar-refractivity contribution in [1.29, 1.82) is 0 Å². The lowest BCUT2D eigenvalue weighted by atomic mass is 10.2. The van der Waals surface area contributed by atoms with Gasteiger partial charge in [0.15, 0.2) is 0 Å². The molecule has 0 aliphatic heterocycles. The number of nitrogens with one attached hydrogen (secondary N) is 1. The van der Waals surface area contributed by atoms with Crippen LogP contribution in [0.2, 0.25) is 0 Å². The van der Waals surface area contributed by atoms with E-state index in [0.717, 1.165) is 12.8 Å². The van der Waals surface area contributed by atoms with E-state index in [2.05, 4.69) is 18.0 Å². The minimum absolute atomic E-state index is 1.03. The summed E-state index contributed by atoms with van der Waals surface area (Å²) in [5, 5.41) is 0. The molecule has 0 fully saturated rings. The quantitative estimate of drug-likeness (QED) is 0.632. The zero-order chi connectivity index (χ0) is 6.53. The molecule has 0 aliphatic carbocycles. The minimum Gasteiger partial charge on any atom is -0.365 e. The first-order valence-corrected chi connectivity index (χ1v) is 3.35. The normalized spacial score (nSPS) is 9.89. The number of hydrogen-bond acceptors (Lipinski definition) is 0. The van der Waals surface area contributed by atoms with Crippen LogP contribution in [0.4, 0.5) is 0 Å². The van der Waals surface area contributed by atoms with E-state index >= 15 is 0 Å². The molecule has 0 saturated carbocycles. The standard InChI is InChI=1S/C8H12N/c1-2-3-5-8-6-4-7-9-8/h4,6-7,9H,1-3,5H2. The van der Waals surface area contributed by atoms with E-state index in [-0.39, 0.29) is 0 Å². The van der Waals surface area contributed by atoms with Crippen LogP contribution in [0.25, 0.3) is 0 Å². The van der Waals surface area contributed by atoms with Crippen molar-refractivity contribution in [3.05, 3.63) is 30.9 Å². The number of aryl methyl sites for hydroxylation is 1. The monoisotopic (exact) mass is 122 g/mol. The van der Waals surface area contributed by atoms with Crippen LogP contribution in [0.5, 0.6) is 0 Å². The highest BCUT2D eigenvalue weighted by Crippen LogP contribution is 1.99. The fourth-order valence-corrected chi connectivity index (χ4v) is 0.838. The molecule has 1 nitrogen and oxygen atoms in total. The van der Waals surface area contributed by atoms with Crippen molar-refractivity contribution in [3.8, 4) is 0 Å². The van der Waals surface area contributed by atoms with Gasteiger partial charge in [-0.25, -0.2) is 0 Å². The van der Waals surface area contributed by atoms with E-state index in [1.54, 1.807) is 0 Å². The van der Waals surface area contributed by atoms with Gasteiger partial charge in [0.1, 0.15) is 0 Å². The molecule has 1 aromatic heterocycles. The lowest BCUT2D eigenvalue weighted by Crippen LogP contribution is -1.81. The molecule has 1 aromatic rings. The lowest BCUT2D eigenvalue weighted by Gasteiger charge is -1.91. The highest BCUT2D eigenvalue weighted by Gasteiger charge is 1.88. The van der Waals surface area contributed by atoms with Crippen LogP contribution in [0.15, 0.2) is 18.3 Å². The first-order chi connectivity index (χ1) is 4.43. The molecule has 0 bridgehead atoms. The van der Waals surface area contributed by atoms with Crippen LogP contribution >= 0.6 is 0 Å². The Bertz CT molecular complexity index is 142. The summed E-state index contributed by atoms with van der Waals surface area (Å²) < 4.78 is 0. The largest absolute Gasteiger partial charge is 0.365 e. The van der Waals surface area contributed by atoms with Gasteiger partial charge in [-0.2, -0.15) is 0 Å². The first kappa shape index (κ1) is 6.40. The molecule has 0 spiro atoms. The van der Waals surface area contributed by atoms with Crippen molar-refractivity contribution < 1.29 is 0 Å². The maximum Gasteiger partial charge on any atom is 0.0147 e. The summed E-state index contributed by atoms with van der Waals surface area (Å²) in [7, 11) is 0. The molecule has 49 valence electrons. The summed E-state index contributed by atoms with van der Waals surface area (Å²) >= 11 is 0. The number of H-pyrrole nitrogens is 1. The van der Waals surface area contributed by atoms with E-state index in [9.17, 15) is 0 Å². The van der Waals surface area contributed by atoms with Gasteiger partial charge in [-0.15, -0.1) is 0 Å². The first-order valence-electron chi connectivity index (χ1n) is 3.35. The number of unbranched alkanes of at least 4 members (excludes halogenated alkanes) is 1. The summed E-state index contributed by atoms with van der Waals surface area (Å²) in [6.45, 7) is 3.77. The fraction of sp³-hybridized carbons (Fsp3) is 0.375. The fourth-order valence-electron chi connectivity index (χ4n) is 0.838. The summed E-state index contributed by atoms with van der Waals surface area (Å²) in [6, 6.07) is 4.13. The van der Waals surface area contributed by atoms with E-state index in [4.69, 9.17) is 0 Å². The second kappa shape index (κ2) is 3.33. The third kappa shape index (κ3) is 1.92. The molecular formula is C8H12N. The van der Waals surface area contributed by atoms with Crippen LogP contribution in [0, 0.1) is 6.92 Å². The molecule has 1 N–H and O–H groups in total. The summed E-state index contributed by atoms with van der Waals surface area (Å²) in [4.78, 5) is 3.14. The number of aromatic amines is 1. The molecule has 0 atom stereocenters. The van der Waals surface area contributed by atoms with Crippen molar-refractivity contribution in [3.63, 3.8) is 0 Å². The zero-order valence-corrected chi connectivity index (χ0v) is 5.56. The third-order valence-corrected chi connectivity index (χ3v) is 1.36. The highest BCUT2D eigenvalue weighted by atomic mass is 14.7. The lowest BCUT2D eigenvalue weighted by molar-refractivity contribution is 0.822. The average molecular weight is 122 g/mol. The topological polar surface area (TPSA) is 15.8 Å². The highest BCUT2D eigenvalue weighted by molar-refractivity contribution is 5.03. The summed E-state index contributed by atoms with van der Waals surface area (Å²) in [6.07, 6.45) is 5.30. The second-order valence-corrected chi connectivity index (χ2v) is 2.15. The van der Waals surface area contributed by atoms with Crippen LogP contribution < -0.4 is 0 Å². The Kier molecular flexibility index (Phi) is 2.37. The Hall–Kier alpha value is -0.720. The zero-order valence-electron chi connectivity index (χ0n) is 5.56. The molecule has 0 unspecified atom stereocenters. The Morgan fingerprint density at radius 2 is 2.44 bits per heavy atom. The van der Waals surface area contributed by atoms with Crippen LogP contribution in [-0.4, -0.2) is 4.98 Å². The average Bonchev–Trinajstić information content (AvgIpc) is 2.34. The van der Waals surface area contributed by atoms with Crippen molar-refractivity contribution in [2.45, 2.75) is 19.3 Å². The maximum atomic E-state index is 3.77. The van der Waals surface area contributed by atoms with Gasteiger partial charge in [0, 0.05) is 11.9 Å². The molecule has 1 heteroatoms. The molecule has 1 radical (unpaired) electrons. The molecule has 0 amide bonds. The summed E-state index contributed by atoms with van der Waals surface area (Å²) in [5.41, 5.74) is 1.32. The number of aromatic nitrogens is 1. The number of hydrogen-bond donors (Lipinski definition) is 1. The van der Waals surface area contributed by atoms with Gasteiger partial charge in [0.05, 0.1) is 0 Å². The third-order valence-electron chi connectivity index (χ3n) is 1.36. The minimum atomic E-state index is 1.03. The van der Waals surface area contributed by atoms with Gasteiger partial charge in [-0.3, -0.25) is 0 Å². The van der Waals surface area contributed by atoms with Gasteiger partial charge in [0.2, 0.25) is 0 Å². The molecule has 9 heavy (non-hydrogen) atoms. The smallest absolute Gasteiger partial charge is 0.0147 e. The van der Waals surface area contributed by atoms with Gasteiger partial charge in [0.25, 0.3) is 0 Å². The Morgan fingerprint density at radius 1 is 1.56 bits per heavy atom. The van der Waals surface area contributed by atoms with Gasteiger partial charge < -0.3 is 4.98 Å². The van der Waals surface area contributed by atoms with Crippen molar-refractivity contribution in [1.82, 2.24) is 4.98 Å². The van der Waals surface area contributed by atoms with Crippen LogP contribution in [0.3, 0.4) is 0 Å². The van der Waals surface area contributed by atoms with Crippen LogP contribution in [-0.2, 0) is 6.42 Å². The second-order valence-electron chi connectivity index (χ2n) is 2.15. The number of rotatable bonds is 3. The van der Waals surface area contributed by atoms with E-state index in [1.165, 1.54) is 12.1 Å². The SMILES string of the molecule is [CH2]CCCc1ccc[nH]1. The van der Waals surface area contributed by atoms with Gasteiger partial charge >= 0.3 is 0 Å².